The molecule has 0 aromatic carbocycles. The molecule has 0 aliphatic heterocycles. The largest absolute Gasteiger partial charge is 0.480 e. The summed E-state index contributed by atoms with van der Waals surface area (Å²) in [5, 5.41) is 18.4. The van der Waals surface area contributed by atoms with E-state index in [0.29, 0.717) is 12.1 Å². The molecule has 2 aliphatic rings. The molecule has 2 aliphatic carbocycles. The van der Waals surface area contributed by atoms with Crippen LogP contribution >= 0.6 is 0 Å². The second-order valence-electron chi connectivity index (χ2n) is 9.42. The average Bonchev–Trinajstić information content (AvgIpc) is 2.70. The number of carboxylic acids is 2. The Balaban J connectivity index is 1.93. The topological polar surface area (TPSA) is 87.6 Å². The summed E-state index contributed by atoms with van der Waals surface area (Å²) >= 11 is 0. The minimum absolute atomic E-state index is 0.0918. The molecule has 0 heterocycles. The van der Waals surface area contributed by atoms with Crippen molar-refractivity contribution in [1.82, 2.24) is 19.6 Å². The van der Waals surface area contributed by atoms with E-state index < -0.39 is 11.9 Å². The van der Waals surface area contributed by atoms with Gasteiger partial charge in [0, 0.05) is 37.3 Å². The number of nitrogens with zero attached hydrogens (tertiary/aromatic N) is 4. The van der Waals surface area contributed by atoms with Crippen LogP contribution in [0.4, 0.5) is 0 Å². The second-order valence-corrected chi connectivity index (χ2v) is 9.42. The van der Waals surface area contributed by atoms with Crippen molar-refractivity contribution in [2.45, 2.75) is 75.5 Å². The first-order chi connectivity index (χ1) is 14.2. The number of rotatable bonds is 11. The van der Waals surface area contributed by atoms with Crippen LogP contribution in [0.1, 0.15) is 51.4 Å². The monoisotopic (exact) mass is 426 g/mol. The molecule has 2 N–H and O–H groups in total. The maximum atomic E-state index is 11.2. The van der Waals surface area contributed by atoms with E-state index in [2.05, 4.69) is 23.9 Å². The minimum Gasteiger partial charge on any atom is -0.480 e. The summed E-state index contributed by atoms with van der Waals surface area (Å²) in [6.07, 6.45) is 9.07. The first kappa shape index (κ1) is 25.0. The van der Waals surface area contributed by atoms with Gasteiger partial charge in [0.15, 0.2) is 0 Å². The second kappa shape index (κ2) is 12.0. The minimum atomic E-state index is -0.766. The highest BCUT2D eigenvalue weighted by molar-refractivity contribution is 5.69. The van der Waals surface area contributed by atoms with Crippen molar-refractivity contribution < 1.29 is 19.8 Å². The van der Waals surface area contributed by atoms with Gasteiger partial charge in [0.1, 0.15) is 0 Å². The lowest BCUT2D eigenvalue weighted by Crippen LogP contribution is -2.55. The number of likely N-dealkylation sites (N-methyl/N-ethyl adjacent to an activating group) is 4. The lowest BCUT2D eigenvalue weighted by atomic mass is 9.87. The first-order valence-corrected chi connectivity index (χ1v) is 11.4. The molecule has 174 valence electrons. The molecule has 0 aromatic heterocycles. The number of hydrogen-bond acceptors (Lipinski definition) is 6. The zero-order valence-electron chi connectivity index (χ0n) is 19.3. The molecule has 0 spiro atoms. The number of aliphatic carboxylic acids is 2. The molecule has 2 rings (SSSR count). The summed E-state index contributed by atoms with van der Waals surface area (Å²) in [6, 6.07) is 1.34. The molecule has 0 amide bonds. The lowest BCUT2D eigenvalue weighted by molar-refractivity contribution is -0.140. The summed E-state index contributed by atoms with van der Waals surface area (Å²) in [6.45, 7) is 2.05. The maximum absolute atomic E-state index is 11.2. The van der Waals surface area contributed by atoms with Crippen LogP contribution < -0.4 is 0 Å². The van der Waals surface area contributed by atoms with Crippen molar-refractivity contribution in [3.8, 4) is 0 Å². The van der Waals surface area contributed by atoms with Crippen molar-refractivity contribution in [3.05, 3.63) is 0 Å². The van der Waals surface area contributed by atoms with Crippen molar-refractivity contribution in [2.24, 2.45) is 0 Å². The summed E-state index contributed by atoms with van der Waals surface area (Å²) in [7, 11) is 8.20. The smallest absolute Gasteiger partial charge is 0.317 e. The van der Waals surface area contributed by atoms with E-state index in [0.717, 1.165) is 38.8 Å². The molecule has 0 radical (unpaired) electrons. The van der Waals surface area contributed by atoms with Gasteiger partial charge in [0.2, 0.25) is 0 Å². The van der Waals surface area contributed by atoms with Crippen molar-refractivity contribution >= 4 is 11.9 Å². The van der Waals surface area contributed by atoms with Gasteiger partial charge in [-0.25, -0.2) is 0 Å². The predicted molar refractivity (Wildman–Crippen MR) is 118 cm³/mol. The van der Waals surface area contributed by atoms with E-state index in [1.807, 2.05) is 23.9 Å². The van der Waals surface area contributed by atoms with Crippen LogP contribution in [-0.4, -0.2) is 120 Å². The SMILES string of the molecule is CN(CCN(C)[C@H]1CCCC[C@@H]1N(C)CC(=O)O)[C@@H]1CCCC[C@H]1N(C)CC(=O)O. The van der Waals surface area contributed by atoms with Crippen LogP contribution in [0.2, 0.25) is 0 Å². The van der Waals surface area contributed by atoms with Crippen molar-refractivity contribution in [1.29, 1.82) is 0 Å². The van der Waals surface area contributed by atoms with Crippen molar-refractivity contribution in [2.75, 3.05) is 54.4 Å². The zero-order valence-corrected chi connectivity index (χ0v) is 19.3. The van der Waals surface area contributed by atoms with Gasteiger partial charge >= 0.3 is 11.9 Å². The van der Waals surface area contributed by atoms with E-state index in [1.54, 1.807) is 0 Å². The van der Waals surface area contributed by atoms with Gasteiger partial charge in [-0.3, -0.25) is 19.4 Å². The van der Waals surface area contributed by atoms with E-state index in [-0.39, 0.29) is 25.2 Å². The molecule has 4 atom stereocenters. The molecule has 0 bridgehead atoms. The average molecular weight is 427 g/mol. The summed E-state index contributed by atoms with van der Waals surface area (Å²) in [5.74, 6) is -1.53. The molecule has 0 saturated heterocycles. The van der Waals surface area contributed by atoms with Gasteiger partial charge < -0.3 is 20.0 Å². The fraction of sp³-hybridized carbons (Fsp3) is 0.909. The van der Waals surface area contributed by atoms with E-state index >= 15 is 0 Å². The van der Waals surface area contributed by atoms with E-state index in [1.165, 1.54) is 25.7 Å². The van der Waals surface area contributed by atoms with Gasteiger partial charge in [-0.2, -0.15) is 0 Å². The summed E-state index contributed by atoms with van der Waals surface area (Å²) in [5.41, 5.74) is 0. The quantitative estimate of drug-likeness (QED) is 0.514. The van der Waals surface area contributed by atoms with Crippen LogP contribution in [0.3, 0.4) is 0 Å². The molecular weight excluding hydrogens is 384 g/mol. The van der Waals surface area contributed by atoms with E-state index in [9.17, 15) is 19.8 Å². The Bertz CT molecular complexity index is 513. The summed E-state index contributed by atoms with van der Waals surface area (Å²) in [4.78, 5) is 31.2. The van der Waals surface area contributed by atoms with Crippen molar-refractivity contribution in [3.63, 3.8) is 0 Å². The Morgan fingerprint density at radius 2 is 0.867 bits per heavy atom. The standard InChI is InChI=1S/C22H42N4O4/c1-23(17-9-5-7-11-19(17)25(3)15-21(27)28)13-14-24(2)18-10-6-8-12-20(18)26(4)16-22(29)30/h17-20H,5-16H2,1-4H3,(H,27,28)(H,29,30)/t17-,18+,19-,20+. The van der Waals surface area contributed by atoms with Gasteiger partial charge in [-0.1, -0.05) is 25.7 Å². The first-order valence-electron chi connectivity index (χ1n) is 11.4. The third kappa shape index (κ3) is 7.18. The molecule has 0 aromatic rings. The Kier molecular flexibility index (Phi) is 10.0. The molecule has 2 saturated carbocycles. The highest BCUT2D eigenvalue weighted by atomic mass is 16.4. The van der Waals surface area contributed by atoms with Crippen LogP contribution in [0.15, 0.2) is 0 Å². The zero-order chi connectivity index (χ0) is 22.3. The van der Waals surface area contributed by atoms with Crippen LogP contribution in [0.5, 0.6) is 0 Å². The maximum Gasteiger partial charge on any atom is 0.317 e. The van der Waals surface area contributed by atoms with Crippen LogP contribution in [0, 0.1) is 0 Å². The molecule has 8 nitrogen and oxygen atoms in total. The van der Waals surface area contributed by atoms with Gasteiger partial charge in [0.25, 0.3) is 0 Å². The van der Waals surface area contributed by atoms with Crippen LogP contribution in [0.25, 0.3) is 0 Å². The molecule has 30 heavy (non-hydrogen) atoms. The van der Waals surface area contributed by atoms with Crippen LogP contribution in [-0.2, 0) is 9.59 Å². The molecule has 8 heteroatoms. The Morgan fingerprint density at radius 1 is 0.600 bits per heavy atom. The number of carbonyl (C=O) groups is 2. The highest BCUT2D eigenvalue weighted by Gasteiger charge is 2.34. The number of hydrogen-bond donors (Lipinski definition) is 2. The van der Waals surface area contributed by atoms with E-state index in [4.69, 9.17) is 0 Å². The predicted octanol–water partition coefficient (Wildman–Crippen LogP) is 1.51. The normalized spacial score (nSPS) is 27.9. The third-order valence-electron chi connectivity index (χ3n) is 7.23. The third-order valence-corrected chi connectivity index (χ3v) is 7.23. The Labute approximate surface area is 181 Å². The molecule has 0 unspecified atom stereocenters. The van der Waals surface area contributed by atoms with Gasteiger partial charge in [0.05, 0.1) is 13.1 Å². The molecular formula is C22H42N4O4. The Morgan fingerprint density at radius 3 is 1.13 bits per heavy atom. The fourth-order valence-electron chi connectivity index (χ4n) is 5.55. The summed E-state index contributed by atoms with van der Waals surface area (Å²) < 4.78 is 0. The highest BCUT2D eigenvalue weighted by Crippen LogP contribution is 2.28. The Hall–Kier alpha value is -1.22. The molecule has 2 fully saturated rings. The fourth-order valence-corrected chi connectivity index (χ4v) is 5.55. The number of carboxylic acid groups (broad SMARTS) is 2. The van der Waals surface area contributed by atoms with Gasteiger partial charge in [-0.15, -0.1) is 0 Å². The van der Waals surface area contributed by atoms with Gasteiger partial charge in [-0.05, 0) is 53.9 Å². The lowest BCUT2D eigenvalue weighted by Gasteiger charge is -2.44.